The van der Waals surface area contributed by atoms with Crippen molar-refractivity contribution in [1.82, 2.24) is 10.2 Å². The van der Waals surface area contributed by atoms with Crippen molar-refractivity contribution in [1.29, 1.82) is 0 Å². The monoisotopic (exact) mass is 470 g/mol. The molecule has 2 aromatic carbocycles. The van der Waals surface area contributed by atoms with Gasteiger partial charge in [-0.15, -0.1) is 0 Å². The molecule has 1 aliphatic heterocycles. The second-order valence-electron chi connectivity index (χ2n) is 8.56. The van der Waals surface area contributed by atoms with Crippen LogP contribution in [-0.2, 0) is 16.1 Å². The van der Waals surface area contributed by atoms with Gasteiger partial charge >= 0.3 is 5.97 Å². The number of rotatable bonds is 11. The Kier molecular flexibility index (Phi) is 9.35. The van der Waals surface area contributed by atoms with Gasteiger partial charge in [0.05, 0.1) is 6.61 Å². The zero-order chi connectivity index (χ0) is 23.8. The van der Waals surface area contributed by atoms with E-state index in [2.05, 4.69) is 16.3 Å². The largest absolute Gasteiger partial charge is 0.480 e. The molecule has 3 rings (SSSR count). The lowest BCUT2D eigenvalue weighted by molar-refractivity contribution is -0.139. The summed E-state index contributed by atoms with van der Waals surface area (Å²) in [4.78, 5) is 27.3. The van der Waals surface area contributed by atoms with Crippen molar-refractivity contribution in [2.24, 2.45) is 0 Å². The summed E-state index contributed by atoms with van der Waals surface area (Å²) in [6.07, 6.45) is 4.60. The molecule has 2 aromatic rings. The van der Waals surface area contributed by atoms with Gasteiger partial charge in [-0.25, -0.2) is 4.79 Å². The topological polar surface area (TPSA) is 78.9 Å². The minimum atomic E-state index is -1.01. The minimum absolute atomic E-state index is 0.355. The Morgan fingerprint density at radius 1 is 1.24 bits per heavy atom. The average molecular weight is 471 g/mol. The number of methoxy groups -OCH3 is 1. The van der Waals surface area contributed by atoms with E-state index < -0.39 is 12.0 Å². The molecule has 0 saturated carbocycles. The summed E-state index contributed by atoms with van der Waals surface area (Å²) >= 11 is 1.56. The molecule has 1 amide bonds. The summed E-state index contributed by atoms with van der Waals surface area (Å²) in [5.41, 5.74) is 4.51. The first-order chi connectivity index (χ1) is 15.9. The number of carbonyl (C=O) groups excluding carboxylic acids is 1. The zero-order valence-corrected chi connectivity index (χ0v) is 20.5. The number of thioether (sulfide) groups is 1. The van der Waals surface area contributed by atoms with E-state index in [-0.39, 0.29) is 5.91 Å². The Morgan fingerprint density at radius 2 is 2.03 bits per heavy atom. The second kappa shape index (κ2) is 12.2. The second-order valence-corrected chi connectivity index (χ2v) is 9.55. The highest BCUT2D eigenvalue weighted by Gasteiger charge is 2.26. The number of nitrogens with one attached hydrogen (secondary N) is 1. The third kappa shape index (κ3) is 6.59. The molecule has 1 saturated heterocycles. The van der Waals surface area contributed by atoms with Crippen molar-refractivity contribution in [3.8, 4) is 11.1 Å². The molecule has 0 radical (unpaired) electrons. The molecule has 0 spiro atoms. The fraction of sp³-hybridized carbons (Fsp3) is 0.462. The number of aliphatic carboxylic acids is 1. The first kappa shape index (κ1) is 25.3. The number of carboxylic acid groups (broad SMARTS) is 1. The van der Waals surface area contributed by atoms with Crippen LogP contribution in [0, 0.1) is 6.92 Å². The maximum Gasteiger partial charge on any atom is 0.326 e. The molecular weight excluding hydrogens is 436 g/mol. The van der Waals surface area contributed by atoms with Gasteiger partial charge in [0, 0.05) is 25.3 Å². The smallest absolute Gasteiger partial charge is 0.326 e. The molecule has 1 aliphatic rings. The van der Waals surface area contributed by atoms with Crippen LogP contribution in [0.4, 0.5) is 0 Å². The number of carboxylic acids is 1. The third-order valence-electron chi connectivity index (χ3n) is 6.22. The highest BCUT2D eigenvalue weighted by Crippen LogP contribution is 2.30. The van der Waals surface area contributed by atoms with Crippen LogP contribution < -0.4 is 5.32 Å². The number of nitrogens with zero attached hydrogens (tertiary/aromatic N) is 1. The molecule has 1 unspecified atom stereocenters. The van der Waals surface area contributed by atoms with Crippen LogP contribution in [0.2, 0.25) is 0 Å². The Hall–Kier alpha value is -2.35. The van der Waals surface area contributed by atoms with E-state index in [4.69, 9.17) is 4.74 Å². The predicted octanol–water partition coefficient (Wildman–Crippen LogP) is 4.21. The predicted molar refractivity (Wildman–Crippen MR) is 134 cm³/mol. The SMILES string of the molecule is COC[C@@H]1CCCN1Cc1ccc(C(=O)NC(CCSC)C(=O)O)c(-c2ccccc2C)c1. The maximum absolute atomic E-state index is 13.2. The van der Waals surface area contributed by atoms with E-state index in [1.165, 1.54) is 0 Å². The minimum Gasteiger partial charge on any atom is -0.480 e. The molecule has 1 heterocycles. The normalized spacial score (nSPS) is 17.1. The van der Waals surface area contributed by atoms with Gasteiger partial charge in [-0.3, -0.25) is 9.69 Å². The average Bonchev–Trinajstić information content (AvgIpc) is 3.23. The van der Waals surface area contributed by atoms with Crippen molar-refractivity contribution < 1.29 is 19.4 Å². The lowest BCUT2D eigenvalue weighted by Crippen LogP contribution is -2.41. The number of amides is 1. The van der Waals surface area contributed by atoms with E-state index in [9.17, 15) is 14.7 Å². The first-order valence-electron chi connectivity index (χ1n) is 11.4. The van der Waals surface area contributed by atoms with Gasteiger partial charge in [-0.1, -0.05) is 30.3 Å². The number of carbonyl (C=O) groups is 2. The Labute approximate surface area is 200 Å². The van der Waals surface area contributed by atoms with Crippen molar-refractivity contribution in [2.75, 3.05) is 32.3 Å². The molecule has 7 heteroatoms. The Bertz CT molecular complexity index is 965. The molecule has 2 atom stereocenters. The van der Waals surface area contributed by atoms with Crippen LogP contribution in [-0.4, -0.2) is 66.2 Å². The molecule has 1 fully saturated rings. The zero-order valence-electron chi connectivity index (χ0n) is 19.7. The van der Waals surface area contributed by atoms with E-state index in [1.54, 1.807) is 18.9 Å². The summed E-state index contributed by atoms with van der Waals surface area (Å²) in [6.45, 7) is 4.57. The van der Waals surface area contributed by atoms with Crippen LogP contribution in [0.5, 0.6) is 0 Å². The molecule has 178 valence electrons. The summed E-state index contributed by atoms with van der Waals surface area (Å²) < 4.78 is 5.39. The lowest BCUT2D eigenvalue weighted by Gasteiger charge is -2.24. The van der Waals surface area contributed by atoms with Crippen molar-refractivity contribution in [3.63, 3.8) is 0 Å². The fourth-order valence-electron chi connectivity index (χ4n) is 4.43. The van der Waals surface area contributed by atoms with Gasteiger partial charge < -0.3 is 15.2 Å². The molecule has 2 N–H and O–H groups in total. The summed E-state index contributed by atoms with van der Waals surface area (Å²) in [5.74, 6) is -0.698. The molecule has 0 bridgehead atoms. The molecule has 33 heavy (non-hydrogen) atoms. The Morgan fingerprint density at radius 3 is 2.73 bits per heavy atom. The molecule has 6 nitrogen and oxygen atoms in total. The van der Waals surface area contributed by atoms with Gasteiger partial charge in [-0.2, -0.15) is 11.8 Å². The van der Waals surface area contributed by atoms with Crippen LogP contribution in [0.3, 0.4) is 0 Å². The highest BCUT2D eigenvalue weighted by atomic mass is 32.2. The van der Waals surface area contributed by atoms with Gasteiger partial charge in [0.25, 0.3) is 5.91 Å². The first-order valence-corrected chi connectivity index (χ1v) is 12.8. The number of ether oxygens (including phenoxy) is 1. The number of likely N-dealkylation sites (tertiary alicyclic amines) is 1. The third-order valence-corrected chi connectivity index (χ3v) is 6.87. The molecule has 0 aliphatic carbocycles. The number of hydrogen-bond acceptors (Lipinski definition) is 5. The quantitative estimate of drug-likeness (QED) is 0.512. The lowest BCUT2D eigenvalue weighted by atomic mass is 9.93. The highest BCUT2D eigenvalue weighted by molar-refractivity contribution is 7.98. The van der Waals surface area contributed by atoms with Gasteiger partial charge in [0.2, 0.25) is 0 Å². The fourth-order valence-corrected chi connectivity index (χ4v) is 4.91. The number of hydrogen-bond donors (Lipinski definition) is 2. The molecular formula is C26H34N2O4S. The van der Waals surface area contributed by atoms with E-state index in [1.807, 2.05) is 49.6 Å². The van der Waals surface area contributed by atoms with Crippen molar-refractivity contribution in [2.45, 2.75) is 44.8 Å². The van der Waals surface area contributed by atoms with Gasteiger partial charge in [0.15, 0.2) is 0 Å². The van der Waals surface area contributed by atoms with Gasteiger partial charge in [-0.05, 0) is 79.1 Å². The van der Waals surface area contributed by atoms with Crippen LogP contribution in [0.15, 0.2) is 42.5 Å². The van der Waals surface area contributed by atoms with Crippen LogP contribution >= 0.6 is 11.8 Å². The van der Waals surface area contributed by atoms with Crippen LogP contribution in [0.25, 0.3) is 11.1 Å². The van der Waals surface area contributed by atoms with Gasteiger partial charge in [0.1, 0.15) is 6.04 Å². The number of benzene rings is 2. The van der Waals surface area contributed by atoms with Crippen molar-refractivity contribution >= 4 is 23.6 Å². The summed E-state index contributed by atoms with van der Waals surface area (Å²) in [5, 5.41) is 12.3. The van der Waals surface area contributed by atoms with E-state index in [0.29, 0.717) is 23.8 Å². The molecule has 0 aromatic heterocycles. The number of aryl methyl sites for hydroxylation is 1. The van der Waals surface area contributed by atoms with Crippen molar-refractivity contribution in [3.05, 3.63) is 59.2 Å². The van der Waals surface area contributed by atoms with E-state index >= 15 is 0 Å². The summed E-state index contributed by atoms with van der Waals surface area (Å²) in [7, 11) is 1.74. The Balaban J connectivity index is 1.92. The summed E-state index contributed by atoms with van der Waals surface area (Å²) in [6, 6.07) is 13.4. The van der Waals surface area contributed by atoms with E-state index in [0.717, 1.165) is 54.8 Å². The maximum atomic E-state index is 13.2. The van der Waals surface area contributed by atoms with Crippen LogP contribution in [0.1, 0.15) is 40.7 Å². The standard InChI is InChI=1S/C26H34N2O4S/c1-18-7-4-5-9-21(18)23-15-19(16-28-13-6-8-20(28)17-32-2)10-11-22(23)25(29)27-24(26(30)31)12-14-33-3/h4-5,7,9-11,15,20,24H,6,8,12-14,16-17H2,1-3H3,(H,27,29)(H,30,31)/t20-,24?/m0/s1.